The standard InChI is InChI=1S/C33H38ClN5OS/c1-36-14-16-38(17-15-36)28-10-12-37(13-11-28)21-23-2-3-26-19-29(9-6-25(26)18-23)39-22-35-30-20-31(41-32(30)33(39)40)24-4-7-27(34)8-5-24/h2-5,7-8,18,20,22,28-29H,6,9-17,19,21H2,1H3. The van der Waals surface area contributed by atoms with Gasteiger partial charge in [0.1, 0.15) is 4.70 Å². The van der Waals surface area contributed by atoms with Crippen LogP contribution in [0.3, 0.4) is 0 Å². The van der Waals surface area contributed by atoms with Crippen molar-refractivity contribution >= 4 is 33.2 Å². The van der Waals surface area contributed by atoms with Crippen molar-refractivity contribution in [1.29, 1.82) is 0 Å². The quantitative estimate of drug-likeness (QED) is 0.299. The zero-order chi connectivity index (χ0) is 27.9. The van der Waals surface area contributed by atoms with E-state index in [4.69, 9.17) is 16.6 Å². The smallest absolute Gasteiger partial charge is 0.271 e. The molecule has 4 heterocycles. The van der Waals surface area contributed by atoms with E-state index in [-0.39, 0.29) is 11.6 Å². The van der Waals surface area contributed by atoms with Gasteiger partial charge < -0.3 is 4.90 Å². The molecule has 0 amide bonds. The number of likely N-dealkylation sites (tertiary alicyclic amines) is 1. The van der Waals surface area contributed by atoms with Gasteiger partial charge in [-0.15, -0.1) is 11.3 Å². The molecular formula is C33H38ClN5OS. The fourth-order valence-electron chi connectivity index (χ4n) is 6.95. The fraction of sp³-hybridized carbons (Fsp3) is 0.455. The second-order valence-corrected chi connectivity index (χ2v) is 13.6. The predicted molar refractivity (Wildman–Crippen MR) is 169 cm³/mol. The lowest BCUT2D eigenvalue weighted by Crippen LogP contribution is -2.52. The van der Waals surface area contributed by atoms with Crippen molar-refractivity contribution in [3.63, 3.8) is 0 Å². The Morgan fingerprint density at radius 3 is 2.46 bits per heavy atom. The van der Waals surface area contributed by atoms with E-state index in [1.165, 1.54) is 80.1 Å². The second kappa shape index (κ2) is 11.6. The van der Waals surface area contributed by atoms with E-state index >= 15 is 0 Å². The Labute approximate surface area is 251 Å². The Morgan fingerprint density at radius 1 is 0.902 bits per heavy atom. The monoisotopic (exact) mass is 587 g/mol. The number of aryl methyl sites for hydroxylation is 1. The minimum atomic E-state index is 0.0743. The summed E-state index contributed by atoms with van der Waals surface area (Å²) in [6.45, 7) is 8.28. The Kier molecular flexibility index (Phi) is 7.73. The summed E-state index contributed by atoms with van der Waals surface area (Å²) in [4.78, 5) is 27.1. The third-order valence-electron chi connectivity index (χ3n) is 9.48. The summed E-state index contributed by atoms with van der Waals surface area (Å²) in [5.41, 5.74) is 6.16. The van der Waals surface area contributed by atoms with Gasteiger partial charge in [0.25, 0.3) is 5.56 Å². The summed E-state index contributed by atoms with van der Waals surface area (Å²) in [7, 11) is 2.23. The van der Waals surface area contributed by atoms with Crippen LogP contribution in [0.2, 0.25) is 5.02 Å². The number of likely N-dealkylation sites (N-methyl/N-ethyl adjacent to an activating group) is 1. The highest BCUT2D eigenvalue weighted by Gasteiger charge is 2.27. The average Bonchev–Trinajstić information content (AvgIpc) is 3.44. The van der Waals surface area contributed by atoms with Crippen molar-refractivity contribution in [3.05, 3.63) is 86.9 Å². The van der Waals surface area contributed by atoms with Crippen LogP contribution < -0.4 is 5.56 Å². The van der Waals surface area contributed by atoms with Crippen LogP contribution in [0.4, 0.5) is 0 Å². The molecule has 214 valence electrons. The SMILES string of the molecule is CN1CCN(C2CCN(Cc3ccc4c(c3)CCC(n3cnc5cc(-c6ccc(Cl)cc6)sc5c3=O)C4)CC2)CC1. The second-order valence-electron chi connectivity index (χ2n) is 12.1. The van der Waals surface area contributed by atoms with Crippen molar-refractivity contribution in [3.8, 4) is 10.4 Å². The third-order valence-corrected chi connectivity index (χ3v) is 10.9. The highest BCUT2D eigenvalue weighted by Crippen LogP contribution is 2.33. The zero-order valence-electron chi connectivity index (χ0n) is 23.8. The molecule has 0 bridgehead atoms. The van der Waals surface area contributed by atoms with Crippen LogP contribution in [0, 0.1) is 0 Å². The summed E-state index contributed by atoms with van der Waals surface area (Å²) in [5.74, 6) is 0. The van der Waals surface area contributed by atoms with Crippen LogP contribution in [-0.2, 0) is 19.4 Å². The number of aromatic nitrogens is 2. The first-order valence-corrected chi connectivity index (χ1v) is 16.2. The lowest BCUT2D eigenvalue weighted by atomic mass is 9.87. The predicted octanol–water partition coefficient (Wildman–Crippen LogP) is 5.72. The molecule has 2 fully saturated rings. The van der Waals surface area contributed by atoms with Crippen molar-refractivity contribution in [1.82, 2.24) is 24.3 Å². The number of halogens is 1. The minimum Gasteiger partial charge on any atom is -0.304 e. The van der Waals surface area contributed by atoms with E-state index in [9.17, 15) is 4.79 Å². The molecular weight excluding hydrogens is 550 g/mol. The number of nitrogens with zero attached hydrogens (tertiary/aromatic N) is 5. The molecule has 1 atom stereocenters. The summed E-state index contributed by atoms with van der Waals surface area (Å²) >= 11 is 7.59. The van der Waals surface area contributed by atoms with Gasteiger partial charge in [-0.05, 0) is 92.7 Å². The highest BCUT2D eigenvalue weighted by atomic mass is 35.5. The lowest BCUT2D eigenvalue weighted by molar-refractivity contribution is 0.0658. The topological polar surface area (TPSA) is 44.6 Å². The van der Waals surface area contributed by atoms with E-state index in [1.54, 1.807) is 6.33 Å². The van der Waals surface area contributed by atoms with Crippen LogP contribution in [0.25, 0.3) is 20.7 Å². The van der Waals surface area contributed by atoms with E-state index in [0.717, 1.165) is 52.5 Å². The first-order valence-electron chi connectivity index (χ1n) is 15.0. The highest BCUT2D eigenvalue weighted by molar-refractivity contribution is 7.22. The van der Waals surface area contributed by atoms with Gasteiger partial charge in [0.05, 0.1) is 11.8 Å². The van der Waals surface area contributed by atoms with Crippen molar-refractivity contribution in [2.45, 2.75) is 50.7 Å². The van der Waals surface area contributed by atoms with Gasteiger partial charge in [-0.25, -0.2) is 4.98 Å². The number of fused-ring (bicyclic) bond motifs is 2. The maximum absolute atomic E-state index is 13.6. The number of piperazine rings is 1. The minimum absolute atomic E-state index is 0.0743. The van der Waals surface area contributed by atoms with Crippen LogP contribution >= 0.6 is 22.9 Å². The van der Waals surface area contributed by atoms with Gasteiger partial charge in [-0.2, -0.15) is 0 Å². The molecule has 0 saturated carbocycles. The molecule has 4 aromatic rings. The summed E-state index contributed by atoms with van der Waals surface area (Å²) in [6.07, 6.45) is 7.19. The van der Waals surface area contributed by atoms with Crippen molar-refractivity contribution in [2.75, 3.05) is 46.3 Å². The number of piperidine rings is 1. The maximum atomic E-state index is 13.6. The normalized spacial score (nSPS) is 21.4. The van der Waals surface area contributed by atoms with Crippen molar-refractivity contribution < 1.29 is 0 Å². The van der Waals surface area contributed by atoms with E-state index in [2.05, 4.69) is 39.9 Å². The zero-order valence-corrected chi connectivity index (χ0v) is 25.3. The average molecular weight is 588 g/mol. The molecule has 2 aromatic heterocycles. The van der Waals surface area contributed by atoms with E-state index in [1.807, 2.05) is 34.9 Å². The molecule has 7 rings (SSSR count). The van der Waals surface area contributed by atoms with E-state index < -0.39 is 0 Å². The number of benzene rings is 2. The first-order chi connectivity index (χ1) is 20.0. The number of hydrogen-bond donors (Lipinski definition) is 0. The lowest BCUT2D eigenvalue weighted by Gasteiger charge is -2.42. The Balaban J connectivity index is 1.00. The molecule has 0 spiro atoms. The van der Waals surface area contributed by atoms with Crippen LogP contribution in [0.15, 0.2) is 59.7 Å². The molecule has 0 radical (unpaired) electrons. The molecule has 6 nitrogen and oxygen atoms in total. The Hall–Kier alpha value is -2.55. The van der Waals surface area contributed by atoms with Crippen LogP contribution in [0.5, 0.6) is 0 Å². The van der Waals surface area contributed by atoms with Gasteiger partial charge in [-0.3, -0.25) is 19.2 Å². The molecule has 1 aliphatic carbocycles. The van der Waals surface area contributed by atoms with Gasteiger partial charge in [0.2, 0.25) is 0 Å². The van der Waals surface area contributed by atoms with Gasteiger partial charge >= 0.3 is 0 Å². The van der Waals surface area contributed by atoms with Crippen molar-refractivity contribution in [2.24, 2.45) is 0 Å². The molecule has 1 unspecified atom stereocenters. The number of hydrogen-bond acceptors (Lipinski definition) is 6. The Morgan fingerprint density at radius 2 is 1.68 bits per heavy atom. The first kappa shape index (κ1) is 27.3. The maximum Gasteiger partial charge on any atom is 0.271 e. The number of rotatable bonds is 5. The van der Waals surface area contributed by atoms with Gasteiger partial charge in [0, 0.05) is 54.7 Å². The summed E-state index contributed by atoms with van der Waals surface area (Å²) in [5, 5.41) is 0.710. The summed E-state index contributed by atoms with van der Waals surface area (Å²) < 4.78 is 2.61. The molecule has 2 aliphatic heterocycles. The number of thiophene rings is 1. The largest absolute Gasteiger partial charge is 0.304 e. The molecule has 41 heavy (non-hydrogen) atoms. The molecule has 0 N–H and O–H groups in total. The Bertz CT molecular complexity index is 1580. The molecule has 2 saturated heterocycles. The summed E-state index contributed by atoms with van der Waals surface area (Å²) in [6, 6.07) is 17.7. The molecule has 2 aromatic carbocycles. The van der Waals surface area contributed by atoms with Gasteiger partial charge in [0.15, 0.2) is 0 Å². The third kappa shape index (κ3) is 5.75. The van der Waals surface area contributed by atoms with Crippen LogP contribution in [-0.4, -0.2) is 76.6 Å². The molecule has 8 heteroatoms. The molecule has 3 aliphatic rings. The van der Waals surface area contributed by atoms with E-state index in [0.29, 0.717) is 5.02 Å². The van der Waals surface area contributed by atoms with Gasteiger partial charge in [-0.1, -0.05) is 41.9 Å². The fourth-order valence-corrected chi connectivity index (χ4v) is 8.13. The van der Waals surface area contributed by atoms with Crippen LogP contribution in [0.1, 0.15) is 42.0 Å².